The van der Waals surface area contributed by atoms with Crippen molar-refractivity contribution in [3.05, 3.63) is 204 Å². The highest BCUT2D eigenvalue weighted by atomic mass is 16.5. The van der Waals surface area contributed by atoms with E-state index in [9.17, 15) is 0 Å². The van der Waals surface area contributed by atoms with Crippen LogP contribution in [0.5, 0.6) is 11.5 Å². The third-order valence-corrected chi connectivity index (χ3v) is 9.44. The Labute approximate surface area is 279 Å². The molecule has 0 spiro atoms. The van der Waals surface area contributed by atoms with Crippen LogP contribution in [0.15, 0.2) is 182 Å². The highest BCUT2D eigenvalue weighted by Gasteiger charge is 2.46. The number of ether oxygens (including phenoxy) is 1. The molecule has 0 saturated heterocycles. The van der Waals surface area contributed by atoms with Gasteiger partial charge in [0.05, 0.1) is 16.6 Å². The second kappa shape index (κ2) is 11.5. The Morgan fingerprint density at radius 2 is 0.938 bits per heavy atom. The van der Waals surface area contributed by atoms with Crippen molar-refractivity contribution < 1.29 is 4.74 Å². The number of para-hydroxylation sites is 3. The van der Waals surface area contributed by atoms with Gasteiger partial charge < -0.3 is 4.74 Å². The summed E-state index contributed by atoms with van der Waals surface area (Å²) in [6, 6.07) is 63.7. The molecule has 0 N–H and O–H groups in total. The van der Waals surface area contributed by atoms with E-state index in [0.717, 1.165) is 61.5 Å². The summed E-state index contributed by atoms with van der Waals surface area (Å²) in [5.41, 5.74) is 10.2. The standard InChI is InChI=1S/C45H30N2O/c1-3-15-32(16-4-1)43-36-20-8-12-24-40(36)46-44(47-43)33-29-27-31(28-30-33)35-19-7-9-21-37(35)45(34-17-5-2-6-18-34)38-22-10-13-25-41(38)48-42-26-14-11-23-39(42)45/h1-30H. The largest absolute Gasteiger partial charge is 0.457 e. The maximum atomic E-state index is 6.54. The Hall–Kier alpha value is -6.32. The normalized spacial score (nSPS) is 12.9. The first-order chi connectivity index (χ1) is 23.8. The third kappa shape index (κ3) is 4.44. The number of fused-ring (bicyclic) bond motifs is 3. The zero-order valence-electron chi connectivity index (χ0n) is 26.1. The lowest BCUT2D eigenvalue weighted by molar-refractivity contribution is 0.434. The Kier molecular flexibility index (Phi) is 6.69. The van der Waals surface area contributed by atoms with Crippen LogP contribution in [0.4, 0.5) is 0 Å². The van der Waals surface area contributed by atoms with Gasteiger partial charge in [0.15, 0.2) is 5.82 Å². The third-order valence-electron chi connectivity index (χ3n) is 9.44. The van der Waals surface area contributed by atoms with Gasteiger partial charge in [-0.2, -0.15) is 0 Å². The summed E-state index contributed by atoms with van der Waals surface area (Å²) in [5, 5.41) is 1.04. The van der Waals surface area contributed by atoms with Crippen molar-refractivity contribution in [3.8, 4) is 45.3 Å². The molecule has 0 saturated carbocycles. The van der Waals surface area contributed by atoms with Crippen molar-refractivity contribution in [2.75, 3.05) is 0 Å². The molecule has 0 fully saturated rings. The SMILES string of the molecule is c1ccc(-c2nc(-c3ccc(-c4ccccc4C4(c5ccccc5)c5ccccc5Oc5ccccc54)cc3)nc3ccccc23)cc1. The summed E-state index contributed by atoms with van der Waals surface area (Å²) in [5.74, 6) is 2.45. The van der Waals surface area contributed by atoms with E-state index >= 15 is 0 Å². The van der Waals surface area contributed by atoms with Crippen LogP contribution in [-0.2, 0) is 5.41 Å². The highest BCUT2D eigenvalue weighted by molar-refractivity contribution is 5.93. The summed E-state index contributed by atoms with van der Waals surface area (Å²) < 4.78 is 6.54. The smallest absolute Gasteiger partial charge is 0.160 e. The summed E-state index contributed by atoms with van der Waals surface area (Å²) in [6.45, 7) is 0. The van der Waals surface area contributed by atoms with Gasteiger partial charge >= 0.3 is 0 Å². The van der Waals surface area contributed by atoms with Crippen LogP contribution in [0.2, 0.25) is 0 Å². The fraction of sp³-hybridized carbons (Fsp3) is 0.0222. The molecule has 0 radical (unpaired) electrons. The summed E-state index contributed by atoms with van der Waals surface area (Å²) in [4.78, 5) is 10.1. The minimum atomic E-state index is -0.603. The molecule has 7 aromatic carbocycles. The van der Waals surface area contributed by atoms with Crippen LogP contribution >= 0.6 is 0 Å². The monoisotopic (exact) mass is 614 g/mol. The van der Waals surface area contributed by atoms with E-state index < -0.39 is 5.41 Å². The Morgan fingerprint density at radius 1 is 0.396 bits per heavy atom. The van der Waals surface area contributed by atoms with Crippen LogP contribution in [-0.4, -0.2) is 9.97 Å². The maximum Gasteiger partial charge on any atom is 0.160 e. The van der Waals surface area contributed by atoms with Crippen molar-refractivity contribution in [2.24, 2.45) is 0 Å². The first-order valence-corrected chi connectivity index (χ1v) is 16.3. The van der Waals surface area contributed by atoms with E-state index in [1.165, 1.54) is 11.1 Å². The van der Waals surface area contributed by atoms with Crippen LogP contribution in [0.1, 0.15) is 22.3 Å². The lowest BCUT2D eigenvalue weighted by atomic mass is 9.62. The molecule has 1 aliphatic heterocycles. The number of nitrogens with zero attached hydrogens (tertiary/aromatic N) is 2. The summed E-state index contributed by atoms with van der Waals surface area (Å²) >= 11 is 0. The topological polar surface area (TPSA) is 35.0 Å². The molecule has 0 amide bonds. The van der Waals surface area contributed by atoms with Crippen LogP contribution in [0.3, 0.4) is 0 Å². The molecule has 0 aliphatic carbocycles. The molecule has 0 atom stereocenters. The quantitative estimate of drug-likeness (QED) is 0.193. The second-order valence-electron chi connectivity index (χ2n) is 12.1. The van der Waals surface area contributed by atoms with Crippen LogP contribution in [0, 0.1) is 0 Å². The molecule has 3 nitrogen and oxygen atoms in total. The second-order valence-corrected chi connectivity index (χ2v) is 12.1. The molecular weight excluding hydrogens is 585 g/mol. The van der Waals surface area contributed by atoms with Gasteiger partial charge in [0, 0.05) is 27.6 Å². The minimum absolute atomic E-state index is 0.603. The van der Waals surface area contributed by atoms with Gasteiger partial charge in [0.2, 0.25) is 0 Å². The Morgan fingerprint density at radius 3 is 1.65 bits per heavy atom. The molecule has 0 bridgehead atoms. The van der Waals surface area contributed by atoms with Gasteiger partial charge in [-0.3, -0.25) is 0 Å². The molecule has 3 heteroatoms. The maximum absolute atomic E-state index is 6.54. The Bertz CT molecular complexity index is 2370. The van der Waals surface area contributed by atoms with Crippen molar-refractivity contribution in [2.45, 2.75) is 5.41 Å². The molecule has 8 aromatic rings. The number of hydrogen-bond acceptors (Lipinski definition) is 3. The van der Waals surface area contributed by atoms with Gasteiger partial charge in [0.1, 0.15) is 11.5 Å². The van der Waals surface area contributed by atoms with Gasteiger partial charge in [-0.15, -0.1) is 0 Å². The zero-order valence-corrected chi connectivity index (χ0v) is 26.1. The molecular formula is C45H30N2O. The average molecular weight is 615 g/mol. The van der Waals surface area contributed by atoms with E-state index in [-0.39, 0.29) is 0 Å². The van der Waals surface area contributed by atoms with Gasteiger partial charge in [-0.1, -0.05) is 164 Å². The Balaban J connectivity index is 1.23. The van der Waals surface area contributed by atoms with Crippen molar-refractivity contribution in [1.29, 1.82) is 0 Å². The molecule has 226 valence electrons. The van der Waals surface area contributed by atoms with Gasteiger partial charge in [-0.25, -0.2) is 9.97 Å². The van der Waals surface area contributed by atoms with Crippen LogP contribution in [0.25, 0.3) is 44.7 Å². The fourth-order valence-electron chi connectivity index (χ4n) is 7.32. The molecule has 0 unspecified atom stereocenters. The van der Waals surface area contributed by atoms with Crippen molar-refractivity contribution >= 4 is 10.9 Å². The van der Waals surface area contributed by atoms with E-state index in [1.54, 1.807) is 0 Å². The van der Waals surface area contributed by atoms with Crippen LogP contribution < -0.4 is 4.74 Å². The van der Waals surface area contributed by atoms with E-state index in [0.29, 0.717) is 5.82 Å². The highest BCUT2D eigenvalue weighted by Crippen LogP contribution is 2.56. The van der Waals surface area contributed by atoms with Gasteiger partial charge in [-0.05, 0) is 40.5 Å². The lowest BCUT2D eigenvalue weighted by Gasteiger charge is -2.42. The van der Waals surface area contributed by atoms with E-state index in [2.05, 4.69) is 152 Å². The number of benzene rings is 7. The molecule has 9 rings (SSSR count). The molecule has 48 heavy (non-hydrogen) atoms. The lowest BCUT2D eigenvalue weighted by Crippen LogP contribution is -2.34. The fourth-order valence-corrected chi connectivity index (χ4v) is 7.32. The van der Waals surface area contributed by atoms with Gasteiger partial charge in [0.25, 0.3) is 0 Å². The number of rotatable bonds is 5. The minimum Gasteiger partial charge on any atom is -0.457 e. The molecule has 2 heterocycles. The molecule has 1 aromatic heterocycles. The average Bonchev–Trinajstić information content (AvgIpc) is 3.17. The zero-order chi connectivity index (χ0) is 31.9. The predicted octanol–water partition coefficient (Wildman–Crippen LogP) is 11.1. The van der Waals surface area contributed by atoms with E-state index in [1.807, 2.05) is 30.3 Å². The van der Waals surface area contributed by atoms with Crippen molar-refractivity contribution in [1.82, 2.24) is 9.97 Å². The first kappa shape index (κ1) is 27.9. The number of aromatic nitrogens is 2. The summed E-state index contributed by atoms with van der Waals surface area (Å²) in [6.07, 6.45) is 0. The molecule has 1 aliphatic rings. The van der Waals surface area contributed by atoms with Crippen molar-refractivity contribution in [3.63, 3.8) is 0 Å². The summed E-state index contributed by atoms with van der Waals surface area (Å²) in [7, 11) is 0. The number of hydrogen-bond donors (Lipinski definition) is 0. The first-order valence-electron chi connectivity index (χ1n) is 16.3. The van der Waals surface area contributed by atoms with E-state index in [4.69, 9.17) is 14.7 Å². The predicted molar refractivity (Wildman–Crippen MR) is 194 cm³/mol.